The Morgan fingerprint density at radius 3 is 2.19 bits per heavy atom. The molecule has 0 saturated heterocycles. The molecular formula is C21H26FN3O2. The highest BCUT2D eigenvalue weighted by atomic mass is 19.1. The first-order valence-electron chi connectivity index (χ1n) is 8.89. The fourth-order valence-corrected chi connectivity index (χ4v) is 2.90. The van der Waals surface area contributed by atoms with E-state index in [1.54, 1.807) is 38.1 Å². The maximum Gasteiger partial charge on any atom is 0.246 e. The lowest BCUT2D eigenvalue weighted by Gasteiger charge is -2.20. The lowest BCUT2D eigenvalue weighted by Crippen LogP contribution is -2.42. The van der Waals surface area contributed by atoms with E-state index < -0.39 is 6.04 Å². The molecule has 0 bridgehead atoms. The molecule has 2 unspecified atom stereocenters. The maximum atomic E-state index is 13.8. The molecule has 27 heavy (non-hydrogen) atoms. The summed E-state index contributed by atoms with van der Waals surface area (Å²) in [6, 6.07) is 11.7. The number of rotatable bonds is 7. The summed E-state index contributed by atoms with van der Waals surface area (Å²) < 4.78 is 13.8. The van der Waals surface area contributed by atoms with Crippen molar-refractivity contribution < 1.29 is 14.0 Å². The van der Waals surface area contributed by atoms with Gasteiger partial charge in [0.2, 0.25) is 11.8 Å². The molecule has 2 aromatic carbocycles. The third-order valence-electron chi connectivity index (χ3n) is 4.47. The molecule has 2 atom stereocenters. The van der Waals surface area contributed by atoms with Crippen LogP contribution >= 0.6 is 0 Å². The van der Waals surface area contributed by atoms with Gasteiger partial charge in [-0.1, -0.05) is 42.5 Å². The van der Waals surface area contributed by atoms with E-state index in [1.165, 1.54) is 7.05 Å². The van der Waals surface area contributed by atoms with Crippen molar-refractivity contribution in [1.29, 1.82) is 0 Å². The SMILES string of the molecule is CNC(=O)C(NC(=O)CNC(C)c1cc(C)c(F)c(C)c1)c1ccccc1. The van der Waals surface area contributed by atoms with Gasteiger partial charge >= 0.3 is 0 Å². The van der Waals surface area contributed by atoms with E-state index >= 15 is 0 Å². The normalized spacial score (nSPS) is 12.9. The van der Waals surface area contributed by atoms with Gasteiger partial charge in [0.15, 0.2) is 0 Å². The van der Waals surface area contributed by atoms with Gasteiger partial charge in [-0.3, -0.25) is 9.59 Å². The largest absolute Gasteiger partial charge is 0.357 e. The summed E-state index contributed by atoms with van der Waals surface area (Å²) in [5.41, 5.74) is 2.77. The predicted molar refractivity (Wildman–Crippen MR) is 104 cm³/mol. The van der Waals surface area contributed by atoms with Crippen molar-refractivity contribution in [2.45, 2.75) is 32.9 Å². The number of hydrogen-bond acceptors (Lipinski definition) is 3. The summed E-state index contributed by atoms with van der Waals surface area (Å²) in [6.45, 7) is 5.39. The zero-order chi connectivity index (χ0) is 20.0. The lowest BCUT2D eigenvalue weighted by atomic mass is 10.0. The lowest BCUT2D eigenvalue weighted by molar-refractivity contribution is -0.128. The molecule has 0 aromatic heterocycles. The summed E-state index contributed by atoms with van der Waals surface area (Å²) in [4.78, 5) is 24.5. The molecule has 144 valence electrons. The van der Waals surface area contributed by atoms with E-state index in [2.05, 4.69) is 16.0 Å². The van der Waals surface area contributed by atoms with Crippen LogP contribution in [-0.4, -0.2) is 25.4 Å². The maximum absolute atomic E-state index is 13.8. The number of amides is 2. The first-order chi connectivity index (χ1) is 12.8. The van der Waals surface area contributed by atoms with Crippen LogP contribution in [0.15, 0.2) is 42.5 Å². The standard InChI is InChI=1S/C21H26FN3O2/c1-13-10-17(11-14(2)19(13)22)15(3)24-12-18(26)25-20(21(27)23-4)16-8-6-5-7-9-16/h5-11,15,20,24H,12H2,1-4H3,(H,23,27)(H,25,26). The average Bonchev–Trinajstić information content (AvgIpc) is 2.68. The molecule has 2 rings (SSSR count). The molecule has 0 aliphatic heterocycles. The average molecular weight is 371 g/mol. The number of halogens is 1. The number of aryl methyl sites for hydroxylation is 2. The fraction of sp³-hybridized carbons (Fsp3) is 0.333. The molecular weight excluding hydrogens is 345 g/mol. The first kappa shape index (κ1) is 20.6. The Hall–Kier alpha value is -2.73. The van der Waals surface area contributed by atoms with E-state index in [1.807, 2.05) is 25.1 Å². The van der Waals surface area contributed by atoms with Crippen LogP contribution in [0.5, 0.6) is 0 Å². The van der Waals surface area contributed by atoms with Crippen molar-refractivity contribution in [3.05, 3.63) is 70.5 Å². The Bertz CT molecular complexity index is 785. The number of carbonyl (C=O) groups is 2. The van der Waals surface area contributed by atoms with Crippen LogP contribution in [0.2, 0.25) is 0 Å². The predicted octanol–water partition coefficient (Wildman–Crippen LogP) is 2.70. The molecule has 2 aromatic rings. The Labute approximate surface area is 159 Å². The van der Waals surface area contributed by atoms with E-state index in [9.17, 15) is 14.0 Å². The van der Waals surface area contributed by atoms with Crippen LogP contribution in [0.1, 0.15) is 41.3 Å². The van der Waals surface area contributed by atoms with Gasteiger partial charge in [0.25, 0.3) is 0 Å². The first-order valence-corrected chi connectivity index (χ1v) is 8.89. The number of carbonyl (C=O) groups excluding carboxylic acids is 2. The second-order valence-corrected chi connectivity index (χ2v) is 6.60. The molecule has 0 aliphatic rings. The topological polar surface area (TPSA) is 70.2 Å². The van der Waals surface area contributed by atoms with E-state index in [0.29, 0.717) is 16.7 Å². The van der Waals surface area contributed by atoms with E-state index in [4.69, 9.17) is 0 Å². The summed E-state index contributed by atoms with van der Waals surface area (Å²) in [5.74, 6) is -0.790. The van der Waals surface area contributed by atoms with Crippen LogP contribution in [0.4, 0.5) is 4.39 Å². The summed E-state index contributed by atoms with van der Waals surface area (Å²) in [6.07, 6.45) is 0. The monoisotopic (exact) mass is 371 g/mol. The van der Waals surface area contributed by atoms with Gasteiger partial charge in [0, 0.05) is 13.1 Å². The van der Waals surface area contributed by atoms with Crippen molar-refractivity contribution in [2.75, 3.05) is 13.6 Å². The minimum atomic E-state index is -0.754. The van der Waals surface area contributed by atoms with Gasteiger partial charge in [-0.15, -0.1) is 0 Å². The molecule has 5 nitrogen and oxygen atoms in total. The van der Waals surface area contributed by atoms with E-state index in [-0.39, 0.29) is 30.2 Å². The molecule has 2 amide bonds. The summed E-state index contributed by atoms with van der Waals surface area (Å²) in [7, 11) is 1.53. The summed E-state index contributed by atoms with van der Waals surface area (Å²) in [5, 5.41) is 8.44. The smallest absolute Gasteiger partial charge is 0.246 e. The Morgan fingerprint density at radius 2 is 1.63 bits per heavy atom. The number of hydrogen-bond donors (Lipinski definition) is 3. The highest BCUT2D eigenvalue weighted by Gasteiger charge is 2.21. The molecule has 0 radical (unpaired) electrons. The Morgan fingerprint density at radius 1 is 1.04 bits per heavy atom. The van der Waals surface area contributed by atoms with Gasteiger partial charge < -0.3 is 16.0 Å². The van der Waals surface area contributed by atoms with Gasteiger partial charge in [0.05, 0.1) is 6.54 Å². The quantitative estimate of drug-likeness (QED) is 0.701. The molecule has 0 heterocycles. The van der Waals surface area contributed by atoms with Crippen molar-refractivity contribution >= 4 is 11.8 Å². The second-order valence-electron chi connectivity index (χ2n) is 6.60. The number of likely N-dealkylation sites (N-methyl/N-ethyl adjacent to an activating group) is 1. The van der Waals surface area contributed by atoms with Crippen LogP contribution in [0, 0.1) is 19.7 Å². The minimum Gasteiger partial charge on any atom is -0.357 e. The van der Waals surface area contributed by atoms with Crippen molar-refractivity contribution in [3.8, 4) is 0 Å². The van der Waals surface area contributed by atoms with Gasteiger partial charge in [-0.25, -0.2) is 4.39 Å². The summed E-state index contributed by atoms with van der Waals surface area (Å²) >= 11 is 0. The molecule has 6 heteroatoms. The number of nitrogens with one attached hydrogen (secondary N) is 3. The fourth-order valence-electron chi connectivity index (χ4n) is 2.90. The van der Waals surface area contributed by atoms with Crippen molar-refractivity contribution in [2.24, 2.45) is 0 Å². The molecule has 0 fully saturated rings. The highest BCUT2D eigenvalue weighted by molar-refractivity contribution is 5.89. The number of benzene rings is 2. The Kier molecular flexibility index (Phi) is 7.07. The third kappa shape index (κ3) is 5.37. The van der Waals surface area contributed by atoms with Gasteiger partial charge in [0.1, 0.15) is 11.9 Å². The minimum absolute atomic E-state index is 0.0387. The molecule has 0 saturated carbocycles. The van der Waals surface area contributed by atoms with Crippen LogP contribution < -0.4 is 16.0 Å². The molecule has 3 N–H and O–H groups in total. The van der Waals surface area contributed by atoms with Crippen LogP contribution in [0.25, 0.3) is 0 Å². The second kappa shape index (κ2) is 9.28. The van der Waals surface area contributed by atoms with Gasteiger partial charge in [-0.05, 0) is 43.0 Å². The Balaban J connectivity index is 2.00. The van der Waals surface area contributed by atoms with Crippen molar-refractivity contribution in [3.63, 3.8) is 0 Å². The highest BCUT2D eigenvalue weighted by Crippen LogP contribution is 2.20. The zero-order valence-corrected chi connectivity index (χ0v) is 16.1. The van der Waals surface area contributed by atoms with Crippen LogP contribution in [-0.2, 0) is 9.59 Å². The van der Waals surface area contributed by atoms with Crippen molar-refractivity contribution in [1.82, 2.24) is 16.0 Å². The zero-order valence-electron chi connectivity index (χ0n) is 16.1. The van der Waals surface area contributed by atoms with E-state index in [0.717, 1.165) is 5.56 Å². The van der Waals surface area contributed by atoms with Crippen LogP contribution in [0.3, 0.4) is 0 Å². The van der Waals surface area contributed by atoms with Gasteiger partial charge in [-0.2, -0.15) is 0 Å². The third-order valence-corrected chi connectivity index (χ3v) is 4.47. The molecule has 0 spiro atoms. The molecule has 0 aliphatic carbocycles.